The first-order chi connectivity index (χ1) is 12.8. The Hall–Kier alpha value is -2.82. The fourth-order valence-electron chi connectivity index (χ4n) is 3.37. The molecule has 4 rings (SSSR count). The minimum atomic E-state index is 0.516. The molecular weight excluding hydrogens is 324 g/mol. The van der Waals surface area contributed by atoms with E-state index in [1.165, 1.54) is 24.9 Å². The molecule has 0 amide bonds. The van der Waals surface area contributed by atoms with Crippen LogP contribution in [0.1, 0.15) is 30.7 Å². The van der Waals surface area contributed by atoms with Crippen molar-refractivity contribution in [3.05, 3.63) is 60.0 Å². The van der Waals surface area contributed by atoms with Gasteiger partial charge in [-0.1, -0.05) is 18.2 Å². The van der Waals surface area contributed by atoms with Crippen LogP contribution in [0.3, 0.4) is 0 Å². The lowest BCUT2D eigenvalue weighted by molar-refractivity contribution is 0.514. The molecule has 3 aromatic rings. The van der Waals surface area contributed by atoms with Gasteiger partial charge in [0.2, 0.25) is 11.8 Å². The van der Waals surface area contributed by atoms with E-state index < -0.39 is 0 Å². The van der Waals surface area contributed by atoms with Gasteiger partial charge in [-0.2, -0.15) is 0 Å². The van der Waals surface area contributed by atoms with Crippen LogP contribution in [0.4, 0.5) is 11.4 Å². The molecule has 2 heterocycles. The van der Waals surface area contributed by atoms with Crippen molar-refractivity contribution in [2.45, 2.75) is 32.7 Å². The molecular formula is C21H24N4O. The van der Waals surface area contributed by atoms with E-state index in [2.05, 4.69) is 44.7 Å². The third-order valence-electron chi connectivity index (χ3n) is 4.87. The number of nitrogens with one attached hydrogen (secondary N) is 1. The van der Waals surface area contributed by atoms with Gasteiger partial charge in [-0.15, -0.1) is 10.2 Å². The SMILES string of the molecule is Cc1ccccc1-c1nnc(CNc2ccc(N3CCCCC3)cc2)o1. The van der Waals surface area contributed by atoms with E-state index in [1.54, 1.807) is 0 Å². The van der Waals surface area contributed by atoms with E-state index in [9.17, 15) is 0 Å². The van der Waals surface area contributed by atoms with Crippen LogP contribution in [-0.4, -0.2) is 23.3 Å². The Bertz CT molecular complexity index is 850. The third-order valence-corrected chi connectivity index (χ3v) is 4.87. The van der Waals surface area contributed by atoms with Crippen molar-refractivity contribution < 1.29 is 4.42 Å². The first-order valence-corrected chi connectivity index (χ1v) is 9.27. The largest absolute Gasteiger partial charge is 0.419 e. The van der Waals surface area contributed by atoms with Gasteiger partial charge in [0.05, 0.1) is 6.54 Å². The van der Waals surface area contributed by atoms with E-state index >= 15 is 0 Å². The quantitative estimate of drug-likeness (QED) is 0.727. The lowest BCUT2D eigenvalue weighted by atomic mass is 10.1. The van der Waals surface area contributed by atoms with Gasteiger partial charge >= 0.3 is 0 Å². The van der Waals surface area contributed by atoms with Gasteiger partial charge in [0, 0.05) is 30.0 Å². The Morgan fingerprint density at radius 1 is 0.962 bits per heavy atom. The molecule has 0 atom stereocenters. The summed E-state index contributed by atoms with van der Waals surface area (Å²) in [4.78, 5) is 2.46. The minimum Gasteiger partial charge on any atom is -0.419 e. The van der Waals surface area contributed by atoms with Crippen LogP contribution in [0.25, 0.3) is 11.5 Å². The highest BCUT2D eigenvalue weighted by Gasteiger charge is 2.12. The lowest BCUT2D eigenvalue weighted by Crippen LogP contribution is -2.29. The molecule has 5 heteroatoms. The van der Waals surface area contributed by atoms with Crippen molar-refractivity contribution in [1.29, 1.82) is 0 Å². The Morgan fingerprint density at radius 2 is 1.73 bits per heavy atom. The molecule has 26 heavy (non-hydrogen) atoms. The molecule has 134 valence electrons. The molecule has 0 aliphatic carbocycles. The number of piperidine rings is 1. The van der Waals surface area contributed by atoms with E-state index in [4.69, 9.17) is 4.42 Å². The first-order valence-electron chi connectivity index (χ1n) is 9.27. The van der Waals surface area contributed by atoms with Crippen LogP contribution >= 0.6 is 0 Å². The van der Waals surface area contributed by atoms with Crippen molar-refractivity contribution >= 4 is 11.4 Å². The molecule has 0 bridgehead atoms. The smallest absolute Gasteiger partial charge is 0.248 e. The molecule has 1 N–H and O–H groups in total. The summed E-state index contributed by atoms with van der Waals surface area (Å²) in [5, 5.41) is 11.7. The fraction of sp³-hybridized carbons (Fsp3) is 0.333. The molecule has 1 aliphatic heterocycles. The second kappa shape index (κ2) is 7.60. The summed E-state index contributed by atoms with van der Waals surface area (Å²) in [6, 6.07) is 16.6. The average Bonchev–Trinajstić information content (AvgIpc) is 3.17. The summed E-state index contributed by atoms with van der Waals surface area (Å²) in [5.74, 6) is 1.16. The summed E-state index contributed by atoms with van der Waals surface area (Å²) >= 11 is 0. The van der Waals surface area contributed by atoms with Crippen molar-refractivity contribution in [2.24, 2.45) is 0 Å². The Morgan fingerprint density at radius 3 is 2.50 bits per heavy atom. The van der Waals surface area contributed by atoms with Crippen LogP contribution in [0.2, 0.25) is 0 Å². The highest BCUT2D eigenvalue weighted by Crippen LogP contribution is 2.23. The van der Waals surface area contributed by atoms with Crippen LogP contribution in [-0.2, 0) is 6.54 Å². The molecule has 1 fully saturated rings. The Labute approximate surface area is 154 Å². The zero-order chi connectivity index (χ0) is 17.8. The number of nitrogens with zero attached hydrogens (tertiary/aromatic N) is 3. The molecule has 1 aromatic heterocycles. The standard InChI is InChI=1S/C21H24N4O/c1-16-7-3-4-8-19(16)21-24-23-20(26-21)15-22-17-9-11-18(12-10-17)25-13-5-2-6-14-25/h3-4,7-12,22H,2,5-6,13-15H2,1H3. The predicted molar refractivity (Wildman–Crippen MR) is 104 cm³/mol. The maximum atomic E-state index is 5.80. The Balaban J connectivity index is 1.38. The van der Waals surface area contributed by atoms with Gasteiger partial charge in [0.25, 0.3) is 0 Å². The number of aryl methyl sites for hydroxylation is 1. The number of anilines is 2. The van der Waals surface area contributed by atoms with Crippen LogP contribution < -0.4 is 10.2 Å². The monoisotopic (exact) mass is 348 g/mol. The highest BCUT2D eigenvalue weighted by molar-refractivity contribution is 5.58. The molecule has 0 unspecified atom stereocenters. The zero-order valence-electron chi connectivity index (χ0n) is 15.1. The molecule has 1 saturated heterocycles. The average molecular weight is 348 g/mol. The highest BCUT2D eigenvalue weighted by atomic mass is 16.4. The number of rotatable bonds is 5. The van der Waals surface area contributed by atoms with Gasteiger partial charge in [-0.25, -0.2) is 0 Å². The van der Waals surface area contributed by atoms with Crippen molar-refractivity contribution in [3.63, 3.8) is 0 Å². The molecule has 0 radical (unpaired) electrons. The maximum absolute atomic E-state index is 5.80. The summed E-state index contributed by atoms with van der Waals surface area (Å²) in [6.45, 7) is 4.89. The summed E-state index contributed by atoms with van der Waals surface area (Å²) in [5.41, 5.74) is 4.47. The third kappa shape index (κ3) is 3.72. The second-order valence-corrected chi connectivity index (χ2v) is 6.76. The van der Waals surface area contributed by atoms with Crippen molar-refractivity contribution in [2.75, 3.05) is 23.3 Å². The topological polar surface area (TPSA) is 54.2 Å². The van der Waals surface area contributed by atoms with E-state index in [0.717, 1.165) is 29.9 Å². The summed E-state index contributed by atoms with van der Waals surface area (Å²) in [7, 11) is 0. The van der Waals surface area contributed by atoms with Crippen molar-refractivity contribution in [3.8, 4) is 11.5 Å². The fourth-order valence-corrected chi connectivity index (χ4v) is 3.37. The van der Waals surface area contributed by atoms with Gasteiger partial charge in [0.1, 0.15) is 0 Å². The number of benzene rings is 2. The van der Waals surface area contributed by atoms with Crippen LogP contribution in [0.5, 0.6) is 0 Å². The van der Waals surface area contributed by atoms with Crippen LogP contribution in [0, 0.1) is 6.92 Å². The number of aromatic nitrogens is 2. The summed E-state index contributed by atoms with van der Waals surface area (Å²) < 4.78 is 5.80. The molecule has 2 aromatic carbocycles. The molecule has 0 spiro atoms. The Kier molecular flexibility index (Phi) is 4.86. The number of hydrogen-bond acceptors (Lipinski definition) is 5. The molecule has 1 aliphatic rings. The minimum absolute atomic E-state index is 0.516. The summed E-state index contributed by atoms with van der Waals surface area (Å²) in [6.07, 6.45) is 3.94. The van der Waals surface area contributed by atoms with Gasteiger partial charge in [0.15, 0.2) is 0 Å². The predicted octanol–water partition coefficient (Wildman–Crippen LogP) is 4.65. The zero-order valence-corrected chi connectivity index (χ0v) is 15.1. The van der Waals surface area contributed by atoms with E-state index in [0.29, 0.717) is 18.3 Å². The van der Waals surface area contributed by atoms with E-state index in [-0.39, 0.29) is 0 Å². The van der Waals surface area contributed by atoms with E-state index in [1.807, 2.05) is 31.2 Å². The second-order valence-electron chi connectivity index (χ2n) is 6.76. The molecule has 0 saturated carbocycles. The normalized spacial score (nSPS) is 14.4. The van der Waals surface area contributed by atoms with Gasteiger partial charge in [-0.05, 0) is 62.1 Å². The van der Waals surface area contributed by atoms with Gasteiger partial charge in [-0.3, -0.25) is 0 Å². The maximum Gasteiger partial charge on any atom is 0.248 e. The number of hydrogen-bond donors (Lipinski definition) is 1. The van der Waals surface area contributed by atoms with Crippen molar-refractivity contribution in [1.82, 2.24) is 10.2 Å². The molecule has 5 nitrogen and oxygen atoms in total. The first kappa shape index (κ1) is 16.6. The lowest BCUT2D eigenvalue weighted by Gasteiger charge is -2.28. The van der Waals surface area contributed by atoms with Gasteiger partial charge < -0.3 is 14.6 Å². The van der Waals surface area contributed by atoms with Crippen LogP contribution in [0.15, 0.2) is 52.9 Å².